The number of carbonyl (C=O) groups excluding carboxylic acids is 1. The minimum atomic E-state index is -0.367. The largest absolute Gasteiger partial charge is 0.276 e. The van der Waals surface area contributed by atoms with Crippen LogP contribution in [0.5, 0.6) is 0 Å². The molecule has 0 aromatic heterocycles. The lowest BCUT2D eigenvalue weighted by Gasteiger charge is -1.94. The van der Waals surface area contributed by atoms with E-state index in [4.69, 9.17) is 11.6 Å². The molecule has 2 heteroatoms. The van der Waals surface area contributed by atoms with Crippen LogP contribution in [0.1, 0.15) is 26.7 Å². The zero-order chi connectivity index (χ0) is 7.28. The Morgan fingerprint density at radius 2 is 1.89 bits per heavy atom. The minimum Gasteiger partial charge on any atom is -0.276 e. The summed E-state index contributed by atoms with van der Waals surface area (Å²) in [4.78, 5) is 10.3. The molecular formula is C7H11ClO. The van der Waals surface area contributed by atoms with E-state index in [9.17, 15) is 4.79 Å². The first-order chi connectivity index (χ1) is 4.20. The summed E-state index contributed by atoms with van der Waals surface area (Å²) in [5.74, 6) is 0. The van der Waals surface area contributed by atoms with Crippen molar-refractivity contribution in [1.82, 2.24) is 0 Å². The smallest absolute Gasteiger partial charge is 0.245 e. The van der Waals surface area contributed by atoms with Crippen LogP contribution in [0, 0.1) is 0 Å². The van der Waals surface area contributed by atoms with E-state index in [1.165, 1.54) is 6.08 Å². The van der Waals surface area contributed by atoms with Crippen molar-refractivity contribution < 1.29 is 4.79 Å². The van der Waals surface area contributed by atoms with Gasteiger partial charge in [-0.3, -0.25) is 4.79 Å². The normalized spacial score (nSPS) is 8.78. The van der Waals surface area contributed by atoms with Crippen LogP contribution < -0.4 is 0 Å². The second-order valence-electron chi connectivity index (χ2n) is 1.81. The van der Waals surface area contributed by atoms with E-state index in [1.54, 1.807) is 0 Å². The Labute approximate surface area is 60.7 Å². The van der Waals surface area contributed by atoms with Crippen LogP contribution >= 0.6 is 11.6 Å². The quantitative estimate of drug-likeness (QED) is 0.442. The van der Waals surface area contributed by atoms with Gasteiger partial charge in [0, 0.05) is 0 Å². The molecule has 0 saturated heterocycles. The van der Waals surface area contributed by atoms with Crippen LogP contribution in [0.3, 0.4) is 0 Å². The summed E-state index contributed by atoms with van der Waals surface area (Å²) in [6.45, 7) is 4.02. The van der Waals surface area contributed by atoms with Crippen molar-refractivity contribution in [3.8, 4) is 0 Å². The van der Waals surface area contributed by atoms with Crippen LogP contribution in [-0.2, 0) is 4.79 Å². The molecule has 0 saturated carbocycles. The lowest BCUT2D eigenvalue weighted by molar-refractivity contribution is -0.107. The van der Waals surface area contributed by atoms with Crippen molar-refractivity contribution in [2.24, 2.45) is 0 Å². The predicted molar refractivity (Wildman–Crippen MR) is 39.5 cm³/mol. The first kappa shape index (κ1) is 8.70. The Hall–Kier alpha value is -0.300. The molecule has 0 aliphatic heterocycles. The van der Waals surface area contributed by atoms with E-state index in [0.29, 0.717) is 0 Å². The second kappa shape index (κ2) is 4.57. The van der Waals surface area contributed by atoms with Gasteiger partial charge in [0.15, 0.2) is 0 Å². The van der Waals surface area contributed by atoms with Gasteiger partial charge in [-0.05, 0) is 30.5 Å². The lowest BCUT2D eigenvalue weighted by atomic mass is 10.1. The standard InChI is InChI=1S/C7H11ClO/c1-3-6(4-2)5-7(8)9/h5H,3-4H2,1-2H3. The predicted octanol–water partition coefficient (Wildman–Crippen LogP) is 2.50. The zero-order valence-corrected chi connectivity index (χ0v) is 6.53. The van der Waals surface area contributed by atoms with Crippen molar-refractivity contribution in [2.75, 3.05) is 0 Å². The van der Waals surface area contributed by atoms with Crippen LogP contribution in [0.4, 0.5) is 0 Å². The number of hydrogen-bond acceptors (Lipinski definition) is 1. The van der Waals surface area contributed by atoms with Crippen molar-refractivity contribution in [3.05, 3.63) is 11.6 Å². The summed E-state index contributed by atoms with van der Waals surface area (Å²) < 4.78 is 0. The molecule has 9 heavy (non-hydrogen) atoms. The Balaban J connectivity index is 3.91. The van der Waals surface area contributed by atoms with Gasteiger partial charge in [-0.15, -0.1) is 0 Å². The highest BCUT2D eigenvalue weighted by Gasteiger charge is 1.92. The van der Waals surface area contributed by atoms with Gasteiger partial charge in [0.05, 0.1) is 0 Å². The van der Waals surface area contributed by atoms with Crippen LogP contribution in [0.25, 0.3) is 0 Å². The van der Waals surface area contributed by atoms with Crippen LogP contribution in [0.15, 0.2) is 11.6 Å². The molecule has 0 heterocycles. The molecular weight excluding hydrogens is 136 g/mol. The molecule has 0 aromatic rings. The van der Waals surface area contributed by atoms with Gasteiger partial charge in [0.1, 0.15) is 0 Å². The molecule has 0 spiro atoms. The maximum atomic E-state index is 10.3. The third-order valence-electron chi connectivity index (χ3n) is 1.23. The fourth-order valence-electron chi connectivity index (χ4n) is 0.615. The summed E-state index contributed by atoms with van der Waals surface area (Å²) in [5.41, 5.74) is 1.11. The first-order valence-corrected chi connectivity index (χ1v) is 3.47. The van der Waals surface area contributed by atoms with E-state index < -0.39 is 0 Å². The third-order valence-corrected chi connectivity index (χ3v) is 1.33. The second-order valence-corrected chi connectivity index (χ2v) is 2.19. The average molecular weight is 147 g/mol. The molecule has 52 valence electrons. The van der Waals surface area contributed by atoms with Crippen molar-refractivity contribution in [2.45, 2.75) is 26.7 Å². The molecule has 0 aliphatic carbocycles. The van der Waals surface area contributed by atoms with E-state index in [-0.39, 0.29) is 5.24 Å². The zero-order valence-electron chi connectivity index (χ0n) is 5.78. The topological polar surface area (TPSA) is 17.1 Å². The molecule has 0 aromatic carbocycles. The highest BCUT2D eigenvalue weighted by Crippen LogP contribution is 2.05. The van der Waals surface area contributed by atoms with Gasteiger partial charge in [0.25, 0.3) is 0 Å². The fraction of sp³-hybridized carbons (Fsp3) is 0.571. The summed E-state index contributed by atoms with van der Waals surface area (Å²) in [6.07, 6.45) is 3.31. The number of halogens is 1. The van der Waals surface area contributed by atoms with Crippen molar-refractivity contribution >= 4 is 16.8 Å². The van der Waals surface area contributed by atoms with Gasteiger partial charge in [-0.2, -0.15) is 0 Å². The highest BCUT2D eigenvalue weighted by atomic mass is 35.5. The molecule has 0 atom stereocenters. The van der Waals surface area contributed by atoms with Gasteiger partial charge in [-0.25, -0.2) is 0 Å². The minimum absolute atomic E-state index is 0.367. The molecule has 0 radical (unpaired) electrons. The van der Waals surface area contributed by atoms with Crippen molar-refractivity contribution in [3.63, 3.8) is 0 Å². The maximum absolute atomic E-state index is 10.3. The Bertz CT molecular complexity index is 121. The molecule has 1 nitrogen and oxygen atoms in total. The summed E-state index contributed by atoms with van der Waals surface area (Å²) >= 11 is 5.11. The van der Waals surface area contributed by atoms with E-state index >= 15 is 0 Å². The van der Waals surface area contributed by atoms with E-state index in [0.717, 1.165) is 18.4 Å². The first-order valence-electron chi connectivity index (χ1n) is 3.09. The summed E-state index contributed by atoms with van der Waals surface area (Å²) in [6, 6.07) is 0. The fourth-order valence-corrected chi connectivity index (χ4v) is 0.769. The molecule has 0 amide bonds. The monoisotopic (exact) mass is 146 g/mol. The van der Waals surface area contributed by atoms with Gasteiger partial charge < -0.3 is 0 Å². The Morgan fingerprint density at radius 1 is 1.44 bits per heavy atom. The number of hydrogen-bond donors (Lipinski definition) is 0. The number of allylic oxidation sites excluding steroid dienone is 2. The molecule has 0 rings (SSSR count). The molecule has 0 bridgehead atoms. The Morgan fingerprint density at radius 3 is 2.00 bits per heavy atom. The molecule has 0 N–H and O–H groups in total. The van der Waals surface area contributed by atoms with E-state index in [2.05, 4.69) is 0 Å². The lowest BCUT2D eigenvalue weighted by Crippen LogP contribution is -1.83. The summed E-state index contributed by atoms with van der Waals surface area (Å²) in [7, 11) is 0. The maximum Gasteiger partial charge on any atom is 0.245 e. The van der Waals surface area contributed by atoms with Crippen molar-refractivity contribution in [1.29, 1.82) is 0 Å². The third kappa shape index (κ3) is 4.22. The molecule has 0 fully saturated rings. The average Bonchev–Trinajstić information content (AvgIpc) is 1.82. The molecule has 0 unspecified atom stereocenters. The van der Waals surface area contributed by atoms with Crippen LogP contribution in [0.2, 0.25) is 0 Å². The molecule has 0 aliphatic rings. The van der Waals surface area contributed by atoms with Crippen LogP contribution in [-0.4, -0.2) is 5.24 Å². The Kier molecular flexibility index (Phi) is 4.41. The number of carbonyl (C=O) groups is 1. The number of rotatable bonds is 3. The van der Waals surface area contributed by atoms with E-state index in [1.807, 2.05) is 13.8 Å². The SMILES string of the molecule is CCC(=CC(=O)Cl)CC. The summed E-state index contributed by atoms with van der Waals surface area (Å²) in [5, 5.41) is -0.367. The van der Waals surface area contributed by atoms with Gasteiger partial charge in [0.2, 0.25) is 5.24 Å². The van der Waals surface area contributed by atoms with Gasteiger partial charge in [-0.1, -0.05) is 19.4 Å². The highest BCUT2D eigenvalue weighted by molar-refractivity contribution is 6.66. The van der Waals surface area contributed by atoms with Gasteiger partial charge >= 0.3 is 0 Å².